The number of nitrogens with zero attached hydrogens (tertiary/aromatic N) is 1. The predicted molar refractivity (Wildman–Crippen MR) is 63.2 cm³/mol. The van der Waals surface area contributed by atoms with E-state index in [1.807, 2.05) is 13.0 Å². The van der Waals surface area contributed by atoms with Gasteiger partial charge in [0, 0.05) is 6.54 Å². The second-order valence-corrected chi connectivity index (χ2v) is 3.37. The average Bonchev–Trinajstić information content (AvgIpc) is 2.29. The van der Waals surface area contributed by atoms with Crippen LogP contribution in [0.25, 0.3) is 0 Å². The molecule has 5 heteroatoms. The number of rotatable bonds is 4. The third kappa shape index (κ3) is 4.27. The molecular formula is C11H17FN4. The van der Waals surface area contributed by atoms with Crippen molar-refractivity contribution < 1.29 is 4.39 Å². The summed E-state index contributed by atoms with van der Waals surface area (Å²) in [6.07, 6.45) is 0.987. The minimum atomic E-state index is -0.253. The van der Waals surface area contributed by atoms with E-state index >= 15 is 0 Å². The van der Waals surface area contributed by atoms with Crippen LogP contribution in [0.5, 0.6) is 0 Å². The molecule has 0 aromatic heterocycles. The molecule has 0 atom stereocenters. The molecule has 0 saturated carbocycles. The van der Waals surface area contributed by atoms with E-state index in [4.69, 9.17) is 5.84 Å². The number of benzene rings is 1. The summed E-state index contributed by atoms with van der Waals surface area (Å²) >= 11 is 0. The molecule has 0 fully saturated rings. The van der Waals surface area contributed by atoms with Crippen molar-refractivity contribution in [3.8, 4) is 0 Å². The molecular weight excluding hydrogens is 207 g/mol. The highest BCUT2D eigenvalue weighted by Gasteiger charge is 1.96. The summed E-state index contributed by atoms with van der Waals surface area (Å²) in [5.74, 6) is 5.56. The lowest BCUT2D eigenvalue weighted by Crippen LogP contribution is -2.41. The highest BCUT2D eigenvalue weighted by molar-refractivity contribution is 5.79. The Morgan fingerprint density at radius 2 is 2.31 bits per heavy atom. The first-order chi connectivity index (χ1) is 7.76. The van der Waals surface area contributed by atoms with Crippen LogP contribution >= 0.6 is 0 Å². The summed E-state index contributed by atoms with van der Waals surface area (Å²) in [6, 6.07) is 6.35. The summed E-state index contributed by atoms with van der Waals surface area (Å²) < 4.78 is 12.9. The van der Waals surface area contributed by atoms with Crippen LogP contribution in [-0.4, -0.2) is 12.5 Å². The number of guanidine groups is 1. The molecule has 4 nitrogen and oxygen atoms in total. The zero-order valence-corrected chi connectivity index (χ0v) is 9.33. The van der Waals surface area contributed by atoms with Crippen LogP contribution < -0.4 is 16.6 Å². The topological polar surface area (TPSA) is 62.4 Å². The molecule has 1 aromatic rings. The first-order valence-electron chi connectivity index (χ1n) is 5.25. The zero-order chi connectivity index (χ0) is 11.8. The normalized spacial score (nSPS) is 11.3. The molecule has 0 saturated heterocycles. The lowest BCUT2D eigenvalue weighted by molar-refractivity contribution is 0.625. The number of hydrazine groups is 1. The van der Waals surface area contributed by atoms with Gasteiger partial charge in [-0.3, -0.25) is 5.43 Å². The van der Waals surface area contributed by atoms with Crippen LogP contribution in [0.1, 0.15) is 18.9 Å². The molecule has 0 aliphatic heterocycles. The van der Waals surface area contributed by atoms with Gasteiger partial charge in [-0.25, -0.2) is 15.2 Å². The maximum atomic E-state index is 12.9. The molecule has 1 rings (SSSR count). The molecule has 0 aliphatic rings. The van der Waals surface area contributed by atoms with Crippen LogP contribution in [0.15, 0.2) is 29.3 Å². The monoisotopic (exact) mass is 224 g/mol. The smallest absolute Gasteiger partial charge is 0.206 e. The van der Waals surface area contributed by atoms with E-state index in [1.54, 1.807) is 6.07 Å². The number of hydrogen-bond acceptors (Lipinski definition) is 2. The van der Waals surface area contributed by atoms with Gasteiger partial charge in [-0.05, 0) is 24.1 Å². The van der Waals surface area contributed by atoms with Gasteiger partial charge in [0.1, 0.15) is 5.82 Å². The Kier molecular flexibility index (Phi) is 5.28. The SMILES string of the molecule is CCCNC(=NCc1cccc(F)c1)NN. The largest absolute Gasteiger partial charge is 0.355 e. The number of nitrogens with one attached hydrogen (secondary N) is 2. The van der Waals surface area contributed by atoms with Crippen molar-refractivity contribution in [1.29, 1.82) is 0 Å². The third-order valence-electron chi connectivity index (χ3n) is 1.99. The second kappa shape index (κ2) is 6.79. The first kappa shape index (κ1) is 12.4. The Bertz CT molecular complexity index is 352. The minimum Gasteiger partial charge on any atom is -0.355 e. The van der Waals surface area contributed by atoms with Gasteiger partial charge in [0.05, 0.1) is 6.54 Å². The van der Waals surface area contributed by atoms with E-state index in [1.165, 1.54) is 12.1 Å². The highest BCUT2D eigenvalue weighted by Crippen LogP contribution is 2.04. The molecule has 0 amide bonds. The fourth-order valence-corrected chi connectivity index (χ4v) is 1.20. The van der Waals surface area contributed by atoms with Crippen LogP contribution in [0.3, 0.4) is 0 Å². The summed E-state index contributed by atoms with van der Waals surface area (Å²) in [7, 11) is 0. The molecule has 0 unspecified atom stereocenters. The fraction of sp³-hybridized carbons (Fsp3) is 0.364. The maximum Gasteiger partial charge on any atom is 0.206 e. The van der Waals surface area contributed by atoms with Gasteiger partial charge in [0.2, 0.25) is 5.96 Å². The Hall–Kier alpha value is -1.62. The average molecular weight is 224 g/mol. The fourth-order valence-electron chi connectivity index (χ4n) is 1.20. The zero-order valence-electron chi connectivity index (χ0n) is 9.33. The molecule has 88 valence electrons. The Morgan fingerprint density at radius 3 is 2.94 bits per heavy atom. The quantitative estimate of drug-likeness (QED) is 0.311. The van der Waals surface area contributed by atoms with Crippen LogP contribution in [-0.2, 0) is 6.54 Å². The summed E-state index contributed by atoms with van der Waals surface area (Å²) in [4.78, 5) is 4.19. The molecule has 16 heavy (non-hydrogen) atoms. The van der Waals surface area contributed by atoms with Gasteiger partial charge in [-0.2, -0.15) is 0 Å². The Balaban J connectivity index is 2.55. The van der Waals surface area contributed by atoms with E-state index in [0.717, 1.165) is 18.5 Å². The molecule has 0 aliphatic carbocycles. The van der Waals surface area contributed by atoms with E-state index in [9.17, 15) is 4.39 Å². The lowest BCUT2D eigenvalue weighted by atomic mass is 10.2. The van der Waals surface area contributed by atoms with Gasteiger partial charge >= 0.3 is 0 Å². The van der Waals surface area contributed by atoms with Crippen molar-refractivity contribution in [3.63, 3.8) is 0 Å². The second-order valence-electron chi connectivity index (χ2n) is 3.37. The van der Waals surface area contributed by atoms with Crippen LogP contribution in [0.2, 0.25) is 0 Å². The minimum absolute atomic E-state index is 0.253. The molecule has 4 N–H and O–H groups in total. The third-order valence-corrected chi connectivity index (χ3v) is 1.99. The van der Waals surface area contributed by atoms with Crippen LogP contribution in [0.4, 0.5) is 4.39 Å². The van der Waals surface area contributed by atoms with Crippen molar-refractivity contribution in [2.75, 3.05) is 6.54 Å². The Labute approximate surface area is 94.7 Å². The van der Waals surface area contributed by atoms with Crippen molar-refractivity contribution in [1.82, 2.24) is 10.7 Å². The number of nitrogens with two attached hydrogens (primary N) is 1. The van der Waals surface area contributed by atoms with Gasteiger partial charge in [-0.1, -0.05) is 19.1 Å². The van der Waals surface area contributed by atoms with E-state index in [-0.39, 0.29) is 5.82 Å². The summed E-state index contributed by atoms with van der Waals surface area (Å²) in [5.41, 5.74) is 3.28. The van der Waals surface area contributed by atoms with Gasteiger partial charge in [0.15, 0.2) is 0 Å². The number of hydrogen-bond donors (Lipinski definition) is 3. The van der Waals surface area contributed by atoms with Crippen LogP contribution in [0, 0.1) is 5.82 Å². The predicted octanol–water partition coefficient (Wildman–Crippen LogP) is 1.14. The van der Waals surface area contributed by atoms with E-state index < -0.39 is 0 Å². The molecule has 1 aromatic carbocycles. The molecule has 0 spiro atoms. The molecule has 0 bridgehead atoms. The first-order valence-corrected chi connectivity index (χ1v) is 5.25. The Morgan fingerprint density at radius 1 is 1.50 bits per heavy atom. The lowest BCUT2D eigenvalue weighted by Gasteiger charge is -2.07. The maximum absolute atomic E-state index is 12.9. The van der Waals surface area contributed by atoms with Crippen molar-refractivity contribution in [2.24, 2.45) is 10.8 Å². The number of aliphatic imine (C=N–C) groups is 1. The van der Waals surface area contributed by atoms with E-state index in [2.05, 4.69) is 15.7 Å². The van der Waals surface area contributed by atoms with Crippen molar-refractivity contribution in [2.45, 2.75) is 19.9 Å². The van der Waals surface area contributed by atoms with Gasteiger partial charge in [0.25, 0.3) is 0 Å². The molecule has 0 heterocycles. The molecule has 0 radical (unpaired) electrons. The highest BCUT2D eigenvalue weighted by atomic mass is 19.1. The van der Waals surface area contributed by atoms with Gasteiger partial charge < -0.3 is 5.32 Å². The summed E-state index contributed by atoms with van der Waals surface area (Å²) in [5, 5.41) is 3.02. The standard InChI is InChI=1S/C11H17FN4/c1-2-6-14-11(16-13)15-8-9-4-3-5-10(12)7-9/h3-5,7H,2,6,8,13H2,1H3,(H2,14,15,16). The van der Waals surface area contributed by atoms with Crippen molar-refractivity contribution in [3.05, 3.63) is 35.6 Å². The summed E-state index contributed by atoms with van der Waals surface area (Å²) in [6.45, 7) is 3.24. The van der Waals surface area contributed by atoms with E-state index in [0.29, 0.717) is 12.5 Å². The number of halogens is 1. The van der Waals surface area contributed by atoms with Gasteiger partial charge in [-0.15, -0.1) is 0 Å². The van der Waals surface area contributed by atoms with Crippen molar-refractivity contribution >= 4 is 5.96 Å².